The highest BCUT2D eigenvalue weighted by Crippen LogP contribution is 2.08. The molecule has 0 aliphatic rings. The van der Waals surface area contributed by atoms with Crippen LogP contribution >= 0.6 is 22.6 Å². The van der Waals surface area contributed by atoms with E-state index < -0.39 is 0 Å². The number of nitrogens with zero attached hydrogens (tertiary/aromatic N) is 2. The van der Waals surface area contributed by atoms with Crippen LogP contribution in [-0.2, 0) is 7.05 Å². The van der Waals surface area contributed by atoms with Crippen molar-refractivity contribution < 1.29 is 4.79 Å². The number of halogens is 1. The maximum absolute atomic E-state index is 11.1. The quantitative estimate of drug-likeness (QED) is 0.746. The lowest BCUT2D eigenvalue weighted by Crippen LogP contribution is -2.18. The van der Waals surface area contributed by atoms with Crippen molar-refractivity contribution in [3.05, 3.63) is 15.5 Å². The molecule has 0 radical (unpaired) electrons. The third kappa shape index (κ3) is 1.70. The average molecular weight is 265 g/mol. The summed E-state index contributed by atoms with van der Waals surface area (Å²) in [6.45, 7) is 0. The van der Waals surface area contributed by atoms with Crippen LogP contribution in [0.1, 0.15) is 10.4 Å². The van der Waals surface area contributed by atoms with Gasteiger partial charge in [-0.3, -0.25) is 9.48 Å². The third-order valence-electron chi connectivity index (χ3n) is 1.26. The Kier molecular flexibility index (Phi) is 2.48. The largest absolute Gasteiger partial charge is 0.355 e. The van der Waals surface area contributed by atoms with E-state index in [0.29, 0.717) is 5.56 Å². The molecule has 5 heteroatoms. The first-order valence-corrected chi connectivity index (χ1v) is 4.14. The van der Waals surface area contributed by atoms with Gasteiger partial charge in [-0.2, -0.15) is 5.10 Å². The molecule has 0 spiro atoms. The number of amides is 1. The molecule has 11 heavy (non-hydrogen) atoms. The SMILES string of the molecule is CNC(=O)c1cn(C)nc1I. The van der Waals surface area contributed by atoms with Gasteiger partial charge in [0.2, 0.25) is 0 Å². The minimum atomic E-state index is -0.0949. The molecule has 1 aromatic heterocycles. The maximum atomic E-state index is 11.1. The van der Waals surface area contributed by atoms with Crippen molar-refractivity contribution in [1.29, 1.82) is 0 Å². The summed E-state index contributed by atoms with van der Waals surface area (Å²) in [6, 6.07) is 0. The molecule has 0 aliphatic carbocycles. The first-order chi connectivity index (χ1) is 5.15. The smallest absolute Gasteiger partial charge is 0.255 e. The van der Waals surface area contributed by atoms with Crippen LogP contribution in [0.2, 0.25) is 0 Å². The van der Waals surface area contributed by atoms with E-state index in [0.717, 1.165) is 3.70 Å². The Balaban J connectivity index is 3.03. The Labute approximate surface area is 78.1 Å². The fraction of sp³-hybridized carbons (Fsp3) is 0.333. The first-order valence-electron chi connectivity index (χ1n) is 3.06. The van der Waals surface area contributed by atoms with Gasteiger partial charge in [0.1, 0.15) is 3.70 Å². The zero-order valence-electron chi connectivity index (χ0n) is 6.26. The number of rotatable bonds is 1. The number of carbonyl (C=O) groups is 1. The summed E-state index contributed by atoms with van der Waals surface area (Å²) in [7, 11) is 3.39. The van der Waals surface area contributed by atoms with Crippen LogP contribution in [0.4, 0.5) is 0 Å². The van der Waals surface area contributed by atoms with E-state index in [9.17, 15) is 4.79 Å². The maximum Gasteiger partial charge on any atom is 0.255 e. The molecule has 1 heterocycles. The monoisotopic (exact) mass is 265 g/mol. The lowest BCUT2D eigenvalue weighted by molar-refractivity contribution is 0.0962. The standard InChI is InChI=1S/C6H8IN3O/c1-8-6(11)4-3-10(2)9-5(4)7/h3H,1-2H3,(H,8,11). The topological polar surface area (TPSA) is 46.9 Å². The van der Waals surface area contributed by atoms with E-state index in [2.05, 4.69) is 10.4 Å². The number of carbonyl (C=O) groups excluding carboxylic acids is 1. The molecule has 0 aromatic carbocycles. The van der Waals surface area contributed by atoms with Crippen molar-refractivity contribution in [3.63, 3.8) is 0 Å². The molecule has 1 aromatic rings. The fourth-order valence-electron chi connectivity index (χ4n) is 0.748. The molecule has 0 bridgehead atoms. The molecule has 1 amide bonds. The fourth-order valence-corrected chi connectivity index (χ4v) is 1.47. The van der Waals surface area contributed by atoms with Crippen LogP contribution < -0.4 is 5.32 Å². The van der Waals surface area contributed by atoms with Gasteiger partial charge >= 0.3 is 0 Å². The predicted octanol–water partition coefficient (Wildman–Crippen LogP) is 0.384. The molecular weight excluding hydrogens is 257 g/mol. The molecule has 0 fully saturated rings. The molecule has 60 valence electrons. The summed E-state index contributed by atoms with van der Waals surface area (Å²) in [5.41, 5.74) is 0.621. The molecule has 1 rings (SSSR count). The lowest BCUT2D eigenvalue weighted by atomic mass is 10.3. The van der Waals surface area contributed by atoms with E-state index >= 15 is 0 Å². The van der Waals surface area contributed by atoms with Crippen molar-refractivity contribution in [2.24, 2.45) is 7.05 Å². The zero-order valence-corrected chi connectivity index (χ0v) is 8.42. The van der Waals surface area contributed by atoms with Gasteiger partial charge in [-0.05, 0) is 22.6 Å². The summed E-state index contributed by atoms with van der Waals surface area (Å²) in [4.78, 5) is 11.1. The Morgan fingerprint density at radius 2 is 2.45 bits per heavy atom. The van der Waals surface area contributed by atoms with Crippen molar-refractivity contribution in [3.8, 4) is 0 Å². The average Bonchev–Trinajstić information content (AvgIpc) is 2.28. The van der Waals surface area contributed by atoms with E-state index in [1.807, 2.05) is 22.6 Å². The highest BCUT2D eigenvalue weighted by Gasteiger charge is 2.10. The summed E-state index contributed by atoms with van der Waals surface area (Å²) in [6.07, 6.45) is 1.70. The molecule has 4 nitrogen and oxygen atoms in total. The summed E-state index contributed by atoms with van der Waals surface area (Å²) in [5.74, 6) is -0.0949. The highest BCUT2D eigenvalue weighted by atomic mass is 127. The van der Waals surface area contributed by atoms with Gasteiger partial charge in [0.05, 0.1) is 5.56 Å². The molecule has 0 atom stereocenters. The van der Waals surface area contributed by atoms with Gasteiger partial charge in [0.25, 0.3) is 5.91 Å². The van der Waals surface area contributed by atoms with Gasteiger partial charge in [-0.15, -0.1) is 0 Å². The van der Waals surface area contributed by atoms with Gasteiger partial charge in [0.15, 0.2) is 0 Å². The third-order valence-corrected chi connectivity index (χ3v) is 2.05. The van der Waals surface area contributed by atoms with Crippen LogP contribution in [0.5, 0.6) is 0 Å². The Bertz CT molecular complexity index is 281. The van der Waals surface area contributed by atoms with Crippen LogP contribution in [0.3, 0.4) is 0 Å². The second-order valence-corrected chi connectivity index (χ2v) is 3.11. The van der Waals surface area contributed by atoms with Gasteiger partial charge < -0.3 is 5.32 Å². The Hall–Kier alpha value is -0.590. The number of aromatic nitrogens is 2. The van der Waals surface area contributed by atoms with Gasteiger partial charge in [-0.25, -0.2) is 0 Å². The van der Waals surface area contributed by atoms with E-state index in [4.69, 9.17) is 0 Å². The normalized spacial score (nSPS) is 9.73. The van der Waals surface area contributed by atoms with Crippen molar-refractivity contribution in [2.75, 3.05) is 7.05 Å². The van der Waals surface area contributed by atoms with Crippen molar-refractivity contribution in [2.45, 2.75) is 0 Å². The second kappa shape index (κ2) is 3.21. The van der Waals surface area contributed by atoms with Crippen LogP contribution in [-0.4, -0.2) is 22.7 Å². The van der Waals surface area contributed by atoms with Crippen LogP contribution in [0, 0.1) is 3.70 Å². The van der Waals surface area contributed by atoms with E-state index in [1.165, 1.54) is 0 Å². The van der Waals surface area contributed by atoms with Gasteiger partial charge in [-0.1, -0.05) is 0 Å². The lowest BCUT2D eigenvalue weighted by Gasteiger charge is -1.92. The number of nitrogens with one attached hydrogen (secondary N) is 1. The molecule has 0 unspecified atom stereocenters. The summed E-state index contributed by atoms with van der Waals surface area (Å²) >= 11 is 2.03. The Morgan fingerprint density at radius 1 is 1.82 bits per heavy atom. The molecular formula is C6H8IN3O. The Morgan fingerprint density at radius 3 is 2.82 bits per heavy atom. The minimum absolute atomic E-state index is 0.0949. The number of hydrogen-bond acceptors (Lipinski definition) is 2. The number of hydrogen-bond donors (Lipinski definition) is 1. The first kappa shape index (κ1) is 8.51. The molecule has 1 N–H and O–H groups in total. The molecule has 0 aliphatic heterocycles. The van der Waals surface area contributed by atoms with Crippen molar-refractivity contribution in [1.82, 2.24) is 15.1 Å². The van der Waals surface area contributed by atoms with E-state index in [1.54, 1.807) is 25.0 Å². The highest BCUT2D eigenvalue weighted by molar-refractivity contribution is 14.1. The predicted molar refractivity (Wildman–Crippen MR) is 49.3 cm³/mol. The summed E-state index contributed by atoms with van der Waals surface area (Å²) < 4.78 is 2.34. The van der Waals surface area contributed by atoms with Crippen molar-refractivity contribution >= 4 is 28.5 Å². The van der Waals surface area contributed by atoms with Crippen LogP contribution in [0.15, 0.2) is 6.20 Å². The van der Waals surface area contributed by atoms with E-state index in [-0.39, 0.29) is 5.91 Å². The zero-order chi connectivity index (χ0) is 8.43. The number of aryl methyl sites for hydroxylation is 1. The minimum Gasteiger partial charge on any atom is -0.355 e. The summed E-state index contributed by atoms with van der Waals surface area (Å²) in [5, 5.41) is 6.56. The molecule has 0 saturated carbocycles. The second-order valence-electron chi connectivity index (χ2n) is 2.09. The van der Waals surface area contributed by atoms with Crippen LogP contribution in [0.25, 0.3) is 0 Å². The molecule has 0 saturated heterocycles. The van der Waals surface area contributed by atoms with Gasteiger partial charge in [0, 0.05) is 20.3 Å².